The predicted molar refractivity (Wildman–Crippen MR) is 134 cm³/mol. The molecule has 3 aromatic rings. The van der Waals surface area contributed by atoms with Crippen molar-refractivity contribution < 1.29 is 14.3 Å². The number of hydrogen-bond acceptors (Lipinski definition) is 7. The van der Waals surface area contributed by atoms with Gasteiger partial charge >= 0.3 is 5.97 Å². The highest BCUT2D eigenvalue weighted by Gasteiger charge is 2.35. The molecule has 1 aliphatic rings. The van der Waals surface area contributed by atoms with Crippen molar-refractivity contribution >= 4 is 35.3 Å². The number of anilines is 1. The maximum atomic E-state index is 13.0. The summed E-state index contributed by atoms with van der Waals surface area (Å²) in [5.41, 5.74) is 3.07. The van der Waals surface area contributed by atoms with Gasteiger partial charge in [-0.3, -0.25) is 0 Å². The molecule has 7 nitrogen and oxygen atoms in total. The lowest BCUT2D eigenvalue weighted by molar-refractivity contribution is -0.139. The van der Waals surface area contributed by atoms with Crippen LogP contribution in [0.2, 0.25) is 5.02 Å². The van der Waals surface area contributed by atoms with Crippen molar-refractivity contribution in [3.8, 4) is 5.75 Å². The Labute approximate surface area is 208 Å². The second kappa shape index (κ2) is 11.0. The van der Waals surface area contributed by atoms with Crippen molar-refractivity contribution in [2.45, 2.75) is 45.0 Å². The monoisotopic (exact) mass is 498 g/mol. The second-order valence-corrected chi connectivity index (χ2v) is 9.28. The predicted octanol–water partition coefficient (Wildman–Crippen LogP) is 5.86. The molecule has 0 fully saturated rings. The summed E-state index contributed by atoms with van der Waals surface area (Å²) in [5, 5.41) is 9.29. The first kappa shape index (κ1) is 24.2. The van der Waals surface area contributed by atoms with Gasteiger partial charge in [0.25, 0.3) is 0 Å². The van der Waals surface area contributed by atoms with Gasteiger partial charge in [-0.1, -0.05) is 54.6 Å². The molecule has 34 heavy (non-hydrogen) atoms. The number of rotatable bonds is 9. The van der Waals surface area contributed by atoms with E-state index in [1.807, 2.05) is 55.5 Å². The topological polar surface area (TPSA) is 78.3 Å². The molecule has 1 aliphatic heterocycles. The summed E-state index contributed by atoms with van der Waals surface area (Å²) in [6.07, 6.45) is 1.02. The first-order chi connectivity index (χ1) is 16.5. The number of allylic oxidation sites excluding steroid dienone is 1. The van der Waals surface area contributed by atoms with Gasteiger partial charge in [0.2, 0.25) is 11.1 Å². The first-order valence-corrected chi connectivity index (χ1v) is 12.6. The van der Waals surface area contributed by atoms with Crippen LogP contribution < -0.4 is 10.1 Å². The molecule has 0 aliphatic carbocycles. The number of fused-ring (bicyclic) bond motifs is 1. The molecule has 9 heteroatoms. The van der Waals surface area contributed by atoms with E-state index in [0.717, 1.165) is 23.3 Å². The number of aromatic nitrogens is 3. The van der Waals surface area contributed by atoms with Gasteiger partial charge in [0.05, 0.1) is 12.2 Å². The van der Waals surface area contributed by atoms with E-state index in [2.05, 4.69) is 17.2 Å². The van der Waals surface area contributed by atoms with Crippen molar-refractivity contribution in [1.29, 1.82) is 0 Å². The number of benzene rings is 2. The van der Waals surface area contributed by atoms with Gasteiger partial charge in [-0.05, 0) is 55.7 Å². The lowest BCUT2D eigenvalue weighted by Gasteiger charge is -2.28. The number of halogens is 1. The SMILES string of the molecule is CCCSc1nc2n(n1)C(c1cccc(OCc3ccc(Cl)cc3)c1)C(C(=O)OCC)=C(C)N2. The van der Waals surface area contributed by atoms with E-state index in [1.165, 1.54) is 0 Å². The van der Waals surface area contributed by atoms with Crippen molar-refractivity contribution in [1.82, 2.24) is 14.8 Å². The zero-order chi connectivity index (χ0) is 24.1. The van der Waals surface area contributed by atoms with E-state index >= 15 is 0 Å². The fourth-order valence-corrected chi connectivity index (χ4v) is 4.50. The highest BCUT2D eigenvalue weighted by molar-refractivity contribution is 7.99. The molecular formula is C25H27ClN4O3S. The lowest BCUT2D eigenvalue weighted by Crippen LogP contribution is -2.29. The van der Waals surface area contributed by atoms with Crippen molar-refractivity contribution in [3.05, 3.63) is 76.0 Å². The molecular weight excluding hydrogens is 472 g/mol. The van der Waals surface area contributed by atoms with Crippen LogP contribution in [0.3, 0.4) is 0 Å². The van der Waals surface area contributed by atoms with Crippen LogP contribution in [-0.2, 0) is 16.1 Å². The molecule has 0 saturated carbocycles. The van der Waals surface area contributed by atoms with Gasteiger partial charge in [-0.2, -0.15) is 4.98 Å². The minimum atomic E-state index is -0.488. The standard InChI is InChI=1S/C25H27ClN4O3S/c1-4-13-34-25-28-24-27-16(3)21(23(31)32-5-2)22(30(24)29-25)18-7-6-8-20(14-18)33-15-17-9-11-19(26)12-10-17/h6-12,14,22H,4-5,13,15H2,1-3H3,(H,27,28,29). The summed E-state index contributed by atoms with van der Waals surface area (Å²) in [7, 11) is 0. The fraction of sp³-hybridized carbons (Fsp3) is 0.320. The molecule has 0 amide bonds. The van der Waals surface area contributed by atoms with Crippen LogP contribution in [0.15, 0.2) is 65.0 Å². The highest BCUT2D eigenvalue weighted by atomic mass is 35.5. The third-order valence-corrected chi connectivity index (χ3v) is 6.55. The van der Waals surface area contributed by atoms with Crippen LogP contribution >= 0.6 is 23.4 Å². The summed E-state index contributed by atoms with van der Waals surface area (Å²) < 4.78 is 13.2. The molecule has 1 atom stereocenters. The van der Waals surface area contributed by atoms with Gasteiger partial charge in [-0.15, -0.1) is 5.10 Å². The summed E-state index contributed by atoms with van der Waals surface area (Å²) in [5.74, 6) is 1.82. The smallest absolute Gasteiger partial charge is 0.338 e. The fourth-order valence-electron chi connectivity index (χ4n) is 3.69. The Morgan fingerprint density at radius 1 is 1.21 bits per heavy atom. The second-order valence-electron chi connectivity index (χ2n) is 7.79. The van der Waals surface area contributed by atoms with Crippen molar-refractivity contribution in [3.63, 3.8) is 0 Å². The van der Waals surface area contributed by atoms with Gasteiger partial charge < -0.3 is 14.8 Å². The molecule has 0 bridgehead atoms. The van der Waals surface area contributed by atoms with Crippen LogP contribution in [0.4, 0.5) is 5.95 Å². The largest absolute Gasteiger partial charge is 0.489 e. The zero-order valence-electron chi connectivity index (χ0n) is 19.4. The summed E-state index contributed by atoms with van der Waals surface area (Å²) in [6, 6.07) is 14.8. The number of carbonyl (C=O) groups excluding carboxylic acids is 1. The molecule has 1 N–H and O–H groups in total. The summed E-state index contributed by atoms with van der Waals surface area (Å²) >= 11 is 7.57. The molecule has 0 spiro atoms. The number of ether oxygens (including phenoxy) is 2. The molecule has 2 heterocycles. The van der Waals surface area contributed by atoms with Crippen molar-refractivity contribution in [2.24, 2.45) is 0 Å². The van der Waals surface area contributed by atoms with E-state index in [-0.39, 0.29) is 12.6 Å². The Hall–Kier alpha value is -2.97. The van der Waals surface area contributed by atoms with Crippen LogP contribution in [0.25, 0.3) is 0 Å². The average molecular weight is 499 g/mol. The minimum Gasteiger partial charge on any atom is -0.489 e. The Kier molecular flexibility index (Phi) is 7.80. The number of esters is 1. The van der Waals surface area contributed by atoms with Crippen LogP contribution in [0.5, 0.6) is 5.75 Å². The maximum Gasteiger partial charge on any atom is 0.338 e. The molecule has 178 valence electrons. The maximum absolute atomic E-state index is 13.0. The van der Waals surface area contributed by atoms with Gasteiger partial charge in [0, 0.05) is 16.5 Å². The van der Waals surface area contributed by atoms with Crippen LogP contribution in [-0.4, -0.2) is 33.1 Å². The number of carbonyl (C=O) groups is 1. The Morgan fingerprint density at radius 2 is 2.00 bits per heavy atom. The molecule has 2 aromatic carbocycles. The normalized spacial score (nSPS) is 15.0. The Morgan fingerprint density at radius 3 is 2.74 bits per heavy atom. The quantitative estimate of drug-likeness (QED) is 0.292. The summed E-state index contributed by atoms with van der Waals surface area (Å²) in [4.78, 5) is 17.6. The average Bonchev–Trinajstić information content (AvgIpc) is 3.24. The van der Waals surface area contributed by atoms with Gasteiger partial charge in [0.1, 0.15) is 18.4 Å². The highest BCUT2D eigenvalue weighted by Crippen LogP contribution is 2.37. The summed E-state index contributed by atoms with van der Waals surface area (Å²) in [6.45, 7) is 6.46. The van der Waals surface area contributed by atoms with E-state index < -0.39 is 6.04 Å². The van der Waals surface area contributed by atoms with E-state index in [4.69, 9.17) is 26.2 Å². The van der Waals surface area contributed by atoms with E-state index in [9.17, 15) is 4.79 Å². The molecule has 0 saturated heterocycles. The third kappa shape index (κ3) is 5.39. The molecule has 0 radical (unpaired) electrons. The Bertz CT molecular complexity index is 1190. The number of hydrogen-bond donors (Lipinski definition) is 1. The minimum absolute atomic E-state index is 0.286. The molecule has 4 rings (SSSR count). The van der Waals surface area contributed by atoms with E-state index in [1.54, 1.807) is 23.4 Å². The third-order valence-electron chi connectivity index (χ3n) is 5.26. The molecule has 1 unspecified atom stereocenters. The van der Waals surface area contributed by atoms with E-state index in [0.29, 0.717) is 39.8 Å². The van der Waals surface area contributed by atoms with Crippen LogP contribution in [0.1, 0.15) is 44.4 Å². The van der Waals surface area contributed by atoms with Crippen LogP contribution in [0, 0.1) is 0 Å². The molecule has 1 aromatic heterocycles. The van der Waals surface area contributed by atoms with Crippen molar-refractivity contribution in [2.75, 3.05) is 17.7 Å². The number of nitrogens with one attached hydrogen (secondary N) is 1. The first-order valence-electron chi connectivity index (χ1n) is 11.2. The lowest BCUT2D eigenvalue weighted by atomic mass is 9.95. The number of thioether (sulfide) groups is 1. The zero-order valence-corrected chi connectivity index (χ0v) is 20.9. The van der Waals surface area contributed by atoms with Gasteiger partial charge in [0.15, 0.2) is 0 Å². The Balaban J connectivity index is 1.67. The van der Waals surface area contributed by atoms with Gasteiger partial charge in [-0.25, -0.2) is 9.48 Å². The number of nitrogens with zero attached hydrogens (tertiary/aromatic N) is 3.